The maximum absolute atomic E-state index is 6.03. The molecule has 2 heterocycles. The molecule has 1 atom stereocenters. The van der Waals surface area contributed by atoms with Crippen LogP contribution in [0.2, 0.25) is 0 Å². The molecule has 1 aromatic heterocycles. The molecular formula is C23H35N5O2. The molecule has 0 saturated carbocycles. The fourth-order valence-corrected chi connectivity index (χ4v) is 3.42. The number of para-hydroxylation sites is 1. The van der Waals surface area contributed by atoms with Crippen LogP contribution >= 0.6 is 0 Å². The van der Waals surface area contributed by atoms with Crippen LogP contribution in [0.3, 0.4) is 0 Å². The van der Waals surface area contributed by atoms with Crippen molar-refractivity contribution in [3.63, 3.8) is 0 Å². The molecule has 1 unspecified atom stereocenters. The maximum atomic E-state index is 6.03. The van der Waals surface area contributed by atoms with E-state index in [2.05, 4.69) is 42.2 Å². The molecule has 1 saturated heterocycles. The average Bonchev–Trinajstić information content (AvgIpc) is 3.18. The Hall–Kier alpha value is -2.54. The van der Waals surface area contributed by atoms with E-state index in [0.717, 1.165) is 55.5 Å². The van der Waals surface area contributed by atoms with Gasteiger partial charge in [-0.05, 0) is 25.3 Å². The van der Waals surface area contributed by atoms with E-state index >= 15 is 0 Å². The first-order valence-electron chi connectivity index (χ1n) is 10.9. The van der Waals surface area contributed by atoms with E-state index in [-0.39, 0.29) is 6.10 Å². The topological polar surface area (TPSA) is 63.9 Å². The fourth-order valence-electron chi connectivity index (χ4n) is 3.42. The van der Waals surface area contributed by atoms with Crippen molar-refractivity contribution in [2.24, 2.45) is 18.0 Å². The van der Waals surface area contributed by atoms with E-state index < -0.39 is 0 Å². The Kier molecular flexibility index (Phi) is 8.13. The van der Waals surface area contributed by atoms with Gasteiger partial charge in [-0.1, -0.05) is 32.0 Å². The summed E-state index contributed by atoms with van der Waals surface area (Å²) < 4.78 is 13.8. The summed E-state index contributed by atoms with van der Waals surface area (Å²) in [4.78, 5) is 7.19. The number of aromatic nitrogens is 2. The zero-order chi connectivity index (χ0) is 21.3. The van der Waals surface area contributed by atoms with Crippen molar-refractivity contribution < 1.29 is 9.47 Å². The molecule has 1 aromatic carbocycles. The number of ether oxygens (including phenoxy) is 2. The van der Waals surface area contributed by atoms with Gasteiger partial charge in [-0.3, -0.25) is 4.68 Å². The van der Waals surface area contributed by atoms with E-state index in [1.807, 2.05) is 42.3 Å². The van der Waals surface area contributed by atoms with Crippen LogP contribution < -0.4 is 10.1 Å². The molecule has 3 rings (SSSR count). The van der Waals surface area contributed by atoms with Gasteiger partial charge in [0.2, 0.25) is 0 Å². The molecule has 30 heavy (non-hydrogen) atoms. The van der Waals surface area contributed by atoms with Gasteiger partial charge in [0.25, 0.3) is 0 Å². The highest BCUT2D eigenvalue weighted by Crippen LogP contribution is 2.23. The summed E-state index contributed by atoms with van der Waals surface area (Å²) in [6.45, 7) is 10.9. The minimum atomic E-state index is 0.00274. The van der Waals surface area contributed by atoms with Crippen LogP contribution in [0, 0.1) is 5.92 Å². The molecule has 0 spiro atoms. The quantitative estimate of drug-likeness (QED) is 0.531. The first-order chi connectivity index (χ1) is 14.6. The Morgan fingerprint density at radius 3 is 2.93 bits per heavy atom. The van der Waals surface area contributed by atoms with Gasteiger partial charge in [-0.25, -0.2) is 4.99 Å². The van der Waals surface area contributed by atoms with E-state index in [1.54, 1.807) is 0 Å². The van der Waals surface area contributed by atoms with Crippen molar-refractivity contribution in [2.75, 3.05) is 32.8 Å². The van der Waals surface area contributed by atoms with Crippen molar-refractivity contribution in [1.82, 2.24) is 20.0 Å². The lowest BCUT2D eigenvalue weighted by atomic mass is 10.1. The number of benzene rings is 1. The summed E-state index contributed by atoms with van der Waals surface area (Å²) in [6.07, 6.45) is 4.94. The second-order valence-corrected chi connectivity index (χ2v) is 8.06. The Morgan fingerprint density at radius 1 is 1.37 bits per heavy atom. The molecule has 2 aromatic rings. The van der Waals surface area contributed by atoms with Crippen molar-refractivity contribution >= 4 is 5.96 Å². The van der Waals surface area contributed by atoms with E-state index in [0.29, 0.717) is 19.1 Å². The summed E-state index contributed by atoms with van der Waals surface area (Å²) in [7, 11) is 1.93. The smallest absolute Gasteiger partial charge is 0.194 e. The Labute approximate surface area is 180 Å². The molecule has 0 amide bonds. The number of aliphatic imine (C=N–C) groups is 1. The van der Waals surface area contributed by atoms with Gasteiger partial charge in [-0.2, -0.15) is 5.10 Å². The third-order valence-electron chi connectivity index (χ3n) is 5.12. The molecule has 1 N–H and O–H groups in total. The molecule has 0 aliphatic carbocycles. The van der Waals surface area contributed by atoms with Crippen molar-refractivity contribution in [3.8, 4) is 5.75 Å². The predicted molar refractivity (Wildman–Crippen MR) is 120 cm³/mol. The second kappa shape index (κ2) is 11.0. The van der Waals surface area contributed by atoms with Gasteiger partial charge in [0.15, 0.2) is 5.96 Å². The lowest BCUT2D eigenvalue weighted by molar-refractivity contribution is -0.00805. The van der Waals surface area contributed by atoms with Gasteiger partial charge in [0, 0.05) is 37.5 Å². The Balaban J connectivity index is 1.68. The summed E-state index contributed by atoms with van der Waals surface area (Å²) in [6, 6.07) is 8.19. The number of morpholine rings is 1. The number of guanidine groups is 1. The maximum Gasteiger partial charge on any atom is 0.194 e. The number of nitrogens with zero attached hydrogens (tertiary/aromatic N) is 4. The third kappa shape index (κ3) is 6.23. The number of hydrogen-bond donors (Lipinski definition) is 1. The summed E-state index contributed by atoms with van der Waals surface area (Å²) in [5.74, 6) is 2.46. The van der Waals surface area contributed by atoms with E-state index in [4.69, 9.17) is 14.5 Å². The zero-order valence-electron chi connectivity index (χ0n) is 18.7. The average molecular weight is 414 g/mol. The van der Waals surface area contributed by atoms with E-state index in [1.165, 1.54) is 0 Å². The molecule has 7 heteroatoms. The molecule has 0 bridgehead atoms. The van der Waals surface area contributed by atoms with Crippen LogP contribution in [0.25, 0.3) is 0 Å². The highest BCUT2D eigenvalue weighted by molar-refractivity contribution is 5.80. The summed E-state index contributed by atoms with van der Waals surface area (Å²) >= 11 is 0. The molecule has 1 fully saturated rings. The van der Waals surface area contributed by atoms with Crippen LogP contribution in [0.5, 0.6) is 5.75 Å². The lowest BCUT2D eigenvalue weighted by Crippen LogP contribution is -2.48. The zero-order valence-corrected chi connectivity index (χ0v) is 18.7. The highest BCUT2D eigenvalue weighted by atomic mass is 16.5. The molecule has 1 aliphatic heterocycles. The second-order valence-electron chi connectivity index (χ2n) is 8.06. The molecule has 0 radical (unpaired) electrons. The van der Waals surface area contributed by atoms with Crippen LogP contribution in [0.4, 0.5) is 0 Å². The molecule has 7 nitrogen and oxygen atoms in total. The monoisotopic (exact) mass is 413 g/mol. The largest absolute Gasteiger partial charge is 0.493 e. The van der Waals surface area contributed by atoms with Crippen molar-refractivity contribution in [2.45, 2.75) is 39.8 Å². The SMILES string of the molecule is CCNC(=NCc1ccccc1OCCC(C)C)N1CCOC(c2cnn(C)c2)C1. The van der Waals surface area contributed by atoms with Gasteiger partial charge in [0.05, 0.1) is 32.5 Å². The minimum absolute atomic E-state index is 0.00274. The predicted octanol–water partition coefficient (Wildman–Crippen LogP) is 3.38. The van der Waals surface area contributed by atoms with Crippen LogP contribution in [0.15, 0.2) is 41.7 Å². The van der Waals surface area contributed by atoms with Gasteiger partial charge in [0.1, 0.15) is 11.9 Å². The number of aryl methyl sites for hydroxylation is 1. The van der Waals surface area contributed by atoms with Crippen LogP contribution in [-0.4, -0.2) is 53.5 Å². The van der Waals surface area contributed by atoms with Crippen LogP contribution in [-0.2, 0) is 18.3 Å². The molecule has 164 valence electrons. The van der Waals surface area contributed by atoms with Gasteiger partial charge < -0.3 is 19.7 Å². The standard InChI is InChI=1S/C23H35N5O2/c1-5-24-23(28-11-13-30-22(17-28)20-15-26-27(4)16-20)25-14-19-8-6-7-9-21(19)29-12-10-18(2)3/h6-9,15-16,18,22H,5,10-14,17H2,1-4H3,(H,24,25). The molecule has 1 aliphatic rings. The molecular weight excluding hydrogens is 378 g/mol. The van der Waals surface area contributed by atoms with Crippen molar-refractivity contribution in [3.05, 3.63) is 47.8 Å². The summed E-state index contributed by atoms with van der Waals surface area (Å²) in [5, 5.41) is 7.71. The third-order valence-corrected chi connectivity index (χ3v) is 5.12. The Morgan fingerprint density at radius 2 is 2.20 bits per heavy atom. The minimum Gasteiger partial charge on any atom is -0.493 e. The van der Waals surface area contributed by atoms with Crippen molar-refractivity contribution in [1.29, 1.82) is 0 Å². The van der Waals surface area contributed by atoms with E-state index in [9.17, 15) is 0 Å². The van der Waals surface area contributed by atoms with Gasteiger partial charge >= 0.3 is 0 Å². The lowest BCUT2D eigenvalue weighted by Gasteiger charge is -2.34. The van der Waals surface area contributed by atoms with Gasteiger partial charge in [-0.15, -0.1) is 0 Å². The fraction of sp³-hybridized carbons (Fsp3) is 0.565. The number of nitrogens with one attached hydrogen (secondary N) is 1. The first kappa shape index (κ1) is 22.2. The normalized spacial score (nSPS) is 17.4. The number of hydrogen-bond acceptors (Lipinski definition) is 4. The Bertz CT molecular complexity index is 817. The summed E-state index contributed by atoms with van der Waals surface area (Å²) in [5.41, 5.74) is 2.20. The first-order valence-corrected chi connectivity index (χ1v) is 10.9. The van der Waals surface area contributed by atoms with Crippen LogP contribution in [0.1, 0.15) is 44.4 Å². The highest BCUT2D eigenvalue weighted by Gasteiger charge is 2.25. The number of rotatable bonds is 8.